The molecule has 1 heterocycles. The normalized spacial score (nSPS) is 21.1. The number of ether oxygens (including phenoxy) is 2. The van der Waals surface area contributed by atoms with Crippen LogP contribution in [0.3, 0.4) is 0 Å². The maximum Gasteiger partial charge on any atom is 0.334 e. The molecule has 1 aliphatic heterocycles. The van der Waals surface area contributed by atoms with Gasteiger partial charge in [0.2, 0.25) is 5.91 Å². The Hall–Kier alpha value is -2.08. The Morgan fingerprint density at radius 3 is 2.78 bits per heavy atom. The van der Waals surface area contributed by atoms with Crippen LogP contribution in [0.15, 0.2) is 18.2 Å². The van der Waals surface area contributed by atoms with Crippen LogP contribution in [0.2, 0.25) is 0 Å². The van der Waals surface area contributed by atoms with Crippen LogP contribution in [0.5, 0.6) is 5.75 Å². The molecule has 2 atom stereocenters. The number of rotatable bonds is 5. The van der Waals surface area contributed by atoms with E-state index < -0.39 is 12.1 Å². The molecule has 0 aromatic heterocycles. The van der Waals surface area contributed by atoms with E-state index in [2.05, 4.69) is 0 Å². The van der Waals surface area contributed by atoms with Crippen LogP contribution < -0.4 is 4.74 Å². The maximum atomic E-state index is 12.3. The first-order chi connectivity index (χ1) is 10.9. The van der Waals surface area contributed by atoms with Crippen molar-refractivity contribution in [3.05, 3.63) is 29.3 Å². The van der Waals surface area contributed by atoms with E-state index in [1.165, 1.54) is 0 Å². The van der Waals surface area contributed by atoms with Crippen molar-refractivity contribution in [3.8, 4) is 5.75 Å². The number of hydrogen-bond acceptors (Lipinski definition) is 4. The number of carbonyl (C=O) groups excluding carboxylic acids is 1. The topological polar surface area (TPSA) is 76.1 Å². The molecule has 0 saturated carbocycles. The Bertz CT molecular complexity index is 586. The average molecular weight is 321 g/mol. The van der Waals surface area contributed by atoms with E-state index in [0.717, 1.165) is 16.9 Å². The first-order valence-electron chi connectivity index (χ1n) is 7.73. The molecule has 1 N–H and O–H groups in total. The Morgan fingerprint density at radius 2 is 2.09 bits per heavy atom. The molecule has 1 aliphatic rings. The predicted molar refractivity (Wildman–Crippen MR) is 84.6 cm³/mol. The highest BCUT2D eigenvalue weighted by molar-refractivity contribution is 5.78. The van der Waals surface area contributed by atoms with E-state index in [1.807, 2.05) is 32.0 Å². The van der Waals surface area contributed by atoms with Crippen LogP contribution in [0.1, 0.15) is 24.5 Å². The van der Waals surface area contributed by atoms with E-state index >= 15 is 0 Å². The zero-order chi connectivity index (χ0) is 17.0. The molecule has 6 heteroatoms. The van der Waals surface area contributed by atoms with Crippen molar-refractivity contribution in [1.82, 2.24) is 4.90 Å². The lowest BCUT2D eigenvalue weighted by atomic mass is 10.1. The van der Waals surface area contributed by atoms with E-state index in [-0.39, 0.29) is 31.6 Å². The summed E-state index contributed by atoms with van der Waals surface area (Å²) in [5, 5.41) is 9.05. The molecule has 1 amide bonds. The third-order valence-electron chi connectivity index (χ3n) is 3.81. The predicted octanol–water partition coefficient (Wildman–Crippen LogP) is 1.77. The van der Waals surface area contributed by atoms with Gasteiger partial charge in [-0.1, -0.05) is 12.1 Å². The van der Waals surface area contributed by atoms with Gasteiger partial charge in [0.25, 0.3) is 0 Å². The molecule has 0 radical (unpaired) electrons. The molecule has 0 bridgehead atoms. The zero-order valence-electron chi connectivity index (χ0n) is 13.7. The Morgan fingerprint density at radius 1 is 1.35 bits per heavy atom. The minimum atomic E-state index is -1.04. The van der Waals surface area contributed by atoms with Gasteiger partial charge in [-0.15, -0.1) is 0 Å². The molecular formula is C17H23NO5. The fourth-order valence-electron chi connectivity index (χ4n) is 2.56. The summed E-state index contributed by atoms with van der Waals surface area (Å²) in [5.41, 5.74) is 2.12. The number of hydrogen-bond donors (Lipinski definition) is 1. The molecule has 1 unspecified atom stereocenters. The van der Waals surface area contributed by atoms with Crippen LogP contribution in [0.25, 0.3) is 0 Å². The van der Waals surface area contributed by atoms with E-state index in [4.69, 9.17) is 14.6 Å². The van der Waals surface area contributed by atoms with Gasteiger partial charge in [-0.05, 0) is 38.0 Å². The third kappa shape index (κ3) is 4.69. The summed E-state index contributed by atoms with van der Waals surface area (Å²) in [4.78, 5) is 24.8. The number of carbonyl (C=O) groups is 2. The number of benzene rings is 1. The van der Waals surface area contributed by atoms with Crippen molar-refractivity contribution in [2.45, 2.75) is 39.4 Å². The van der Waals surface area contributed by atoms with Gasteiger partial charge in [-0.3, -0.25) is 4.79 Å². The summed E-state index contributed by atoms with van der Waals surface area (Å²) < 4.78 is 11.0. The van der Waals surface area contributed by atoms with Crippen molar-refractivity contribution in [3.63, 3.8) is 0 Å². The number of nitrogens with zero attached hydrogens (tertiary/aromatic N) is 1. The smallest absolute Gasteiger partial charge is 0.334 e. The van der Waals surface area contributed by atoms with Gasteiger partial charge in [0.1, 0.15) is 5.75 Å². The number of morpholine rings is 1. The van der Waals surface area contributed by atoms with Gasteiger partial charge in [0.05, 0.1) is 25.7 Å². The lowest BCUT2D eigenvalue weighted by Crippen LogP contribution is -2.52. The van der Waals surface area contributed by atoms with Gasteiger partial charge in [-0.25, -0.2) is 4.79 Å². The zero-order valence-corrected chi connectivity index (χ0v) is 13.7. The number of aliphatic carboxylic acids is 1. The molecule has 1 fully saturated rings. The summed E-state index contributed by atoms with van der Waals surface area (Å²) in [5.74, 6) is -0.380. The van der Waals surface area contributed by atoms with Crippen LogP contribution in [-0.4, -0.2) is 53.8 Å². The molecule has 1 aromatic rings. The Kier molecular flexibility index (Phi) is 5.60. The van der Waals surface area contributed by atoms with Crippen molar-refractivity contribution < 1.29 is 24.2 Å². The quantitative estimate of drug-likeness (QED) is 0.894. The van der Waals surface area contributed by atoms with Crippen molar-refractivity contribution in [1.29, 1.82) is 0 Å². The standard InChI is InChI=1S/C17H23NO5/c1-11-4-5-12(2)14(8-11)22-7-6-16(19)18-9-13(3)23-15(10-18)17(20)21/h4-5,8,13,15H,6-7,9-10H2,1-3H3,(H,20,21)/t13-,15?/m1/s1. The molecule has 126 valence electrons. The largest absolute Gasteiger partial charge is 0.493 e. The monoisotopic (exact) mass is 321 g/mol. The Balaban J connectivity index is 1.86. The average Bonchev–Trinajstić information content (AvgIpc) is 2.50. The fourth-order valence-corrected chi connectivity index (χ4v) is 2.56. The summed E-state index contributed by atoms with van der Waals surface area (Å²) in [7, 11) is 0. The highest BCUT2D eigenvalue weighted by atomic mass is 16.5. The van der Waals surface area contributed by atoms with E-state index in [9.17, 15) is 9.59 Å². The maximum absolute atomic E-state index is 12.3. The SMILES string of the molecule is Cc1ccc(C)c(OCCC(=O)N2CC(C(=O)O)O[C@H](C)C2)c1. The second-order valence-electron chi connectivity index (χ2n) is 5.94. The van der Waals surface area contributed by atoms with Crippen LogP contribution in [0.4, 0.5) is 0 Å². The van der Waals surface area contributed by atoms with E-state index in [0.29, 0.717) is 6.54 Å². The molecule has 0 aliphatic carbocycles. The van der Waals surface area contributed by atoms with Gasteiger partial charge < -0.3 is 19.5 Å². The molecule has 0 spiro atoms. The van der Waals surface area contributed by atoms with Gasteiger partial charge in [0.15, 0.2) is 6.10 Å². The Labute approximate surface area is 136 Å². The fraction of sp³-hybridized carbons (Fsp3) is 0.529. The molecular weight excluding hydrogens is 298 g/mol. The highest BCUT2D eigenvalue weighted by Gasteiger charge is 2.32. The van der Waals surface area contributed by atoms with Crippen molar-refractivity contribution in [2.24, 2.45) is 0 Å². The summed E-state index contributed by atoms with van der Waals surface area (Å²) in [6, 6.07) is 5.93. The van der Waals surface area contributed by atoms with Crippen molar-refractivity contribution in [2.75, 3.05) is 19.7 Å². The van der Waals surface area contributed by atoms with E-state index in [1.54, 1.807) is 11.8 Å². The van der Waals surface area contributed by atoms with Crippen molar-refractivity contribution >= 4 is 11.9 Å². The number of amides is 1. The summed E-state index contributed by atoms with van der Waals surface area (Å²) in [6.07, 6.45) is -1.02. The van der Waals surface area contributed by atoms with Crippen LogP contribution in [-0.2, 0) is 14.3 Å². The number of aryl methyl sites for hydroxylation is 2. The van der Waals surface area contributed by atoms with Gasteiger partial charge in [-0.2, -0.15) is 0 Å². The lowest BCUT2D eigenvalue weighted by molar-refractivity contribution is -0.166. The van der Waals surface area contributed by atoms with Crippen LogP contribution in [0, 0.1) is 13.8 Å². The number of carboxylic acid groups (broad SMARTS) is 1. The van der Waals surface area contributed by atoms with Gasteiger partial charge in [0, 0.05) is 6.54 Å². The first kappa shape index (κ1) is 17.3. The molecule has 6 nitrogen and oxygen atoms in total. The van der Waals surface area contributed by atoms with Crippen LogP contribution >= 0.6 is 0 Å². The molecule has 2 rings (SSSR count). The summed E-state index contributed by atoms with van der Waals surface area (Å²) in [6.45, 7) is 6.47. The minimum Gasteiger partial charge on any atom is -0.493 e. The van der Waals surface area contributed by atoms with Gasteiger partial charge >= 0.3 is 5.97 Å². The molecule has 1 aromatic carbocycles. The second-order valence-corrected chi connectivity index (χ2v) is 5.94. The molecule has 1 saturated heterocycles. The number of carboxylic acids is 1. The minimum absolute atomic E-state index is 0.0853. The second kappa shape index (κ2) is 7.46. The highest BCUT2D eigenvalue weighted by Crippen LogP contribution is 2.19. The molecule has 23 heavy (non-hydrogen) atoms. The summed E-state index contributed by atoms with van der Waals surface area (Å²) >= 11 is 0. The first-order valence-corrected chi connectivity index (χ1v) is 7.73. The third-order valence-corrected chi connectivity index (χ3v) is 3.81. The lowest BCUT2D eigenvalue weighted by Gasteiger charge is -2.35.